The molecule has 1 unspecified atom stereocenters. The lowest BCUT2D eigenvalue weighted by molar-refractivity contribution is 0.697. The number of nitrogens with zero attached hydrogens (tertiary/aromatic N) is 6. The van der Waals surface area contributed by atoms with Crippen LogP contribution in [-0.4, -0.2) is 33.2 Å². The van der Waals surface area contributed by atoms with Crippen molar-refractivity contribution in [2.24, 2.45) is 5.92 Å². The number of hydrogen-bond acceptors (Lipinski definition) is 5. The fourth-order valence-electron chi connectivity index (χ4n) is 1.87. The Labute approximate surface area is 110 Å². The first-order chi connectivity index (χ1) is 8.54. The zero-order chi connectivity index (χ0) is 13.3. The van der Waals surface area contributed by atoms with Crippen LogP contribution in [0.25, 0.3) is 5.78 Å². The Kier molecular flexibility index (Phi) is 3.34. The molecule has 2 rings (SSSR count). The zero-order valence-electron chi connectivity index (χ0n) is 10.4. The fraction of sp³-hybridized carbons (Fsp3) is 0.455. The third-order valence-electron chi connectivity index (χ3n) is 2.70. The van der Waals surface area contributed by atoms with Crippen molar-refractivity contribution in [2.45, 2.75) is 13.8 Å². The summed E-state index contributed by atoms with van der Waals surface area (Å²) in [6.07, 6.45) is 1.43. The van der Waals surface area contributed by atoms with E-state index in [1.165, 1.54) is 6.33 Å². The van der Waals surface area contributed by atoms with Crippen LogP contribution in [0, 0.1) is 24.2 Å². The summed E-state index contributed by atoms with van der Waals surface area (Å²) in [5.41, 5.74) is 0.822. The van der Waals surface area contributed by atoms with Gasteiger partial charge in [0.15, 0.2) is 0 Å². The number of rotatable bonds is 3. The van der Waals surface area contributed by atoms with E-state index in [1.54, 1.807) is 4.52 Å². The molecule has 0 bridgehead atoms. The Balaban J connectivity index is 2.52. The van der Waals surface area contributed by atoms with Crippen molar-refractivity contribution in [3.8, 4) is 6.07 Å². The number of anilines is 1. The summed E-state index contributed by atoms with van der Waals surface area (Å²) in [5.74, 6) is 1.18. The molecule has 0 spiro atoms. The molecule has 2 heterocycles. The second-order valence-electron chi connectivity index (χ2n) is 4.23. The van der Waals surface area contributed by atoms with Gasteiger partial charge in [-0.1, -0.05) is 11.6 Å². The second-order valence-corrected chi connectivity index (χ2v) is 4.59. The molecule has 2 aromatic heterocycles. The molecule has 0 fully saturated rings. The van der Waals surface area contributed by atoms with Gasteiger partial charge >= 0.3 is 0 Å². The summed E-state index contributed by atoms with van der Waals surface area (Å²) >= 11 is 6.08. The molecule has 0 aliphatic rings. The molecule has 0 N–H and O–H groups in total. The van der Waals surface area contributed by atoms with Crippen molar-refractivity contribution in [3.05, 3.63) is 17.0 Å². The molecular weight excluding hydrogens is 252 g/mol. The van der Waals surface area contributed by atoms with Crippen LogP contribution >= 0.6 is 11.6 Å². The van der Waals surface area contributed by atoms with Gasteiger partial charge in [0.1, 0.15) is 17.3 Å². The van der Waals surface area contributed by atoms with E-state index in [0.717, 1.165) is 11.4 Å². The highest BCUT2D eigenvalue weighted by molar-refractivity contribution is 6.30. The van der Waals surface area contributed by atoms with Crippen LogP contribution in [0.5, 0.6) is 0 Å². The van der Waals surface area contributed by atoms with Gasteiger partial charge < -0.3 is 4.90 Å². The van der Waals surface area contributed by atoms with E-state index < -0.39 is 0 Å². The van der Waals surface area contributed by atoms with Gasteiger partial charge in [0.05, 0.1) is 12.0 Å². The second kappa shape index (κ2) is 4.78. The van der Waals surface area contributed by atoms with Gasteiger partial charge in [-0.25, -0.2) is 0 Å². The van der Waals surface area contributed by atoms with Crippen LogP contribution in [0.1, 0.15) is 12.5 Å². The summed E-state index contributed by atoms with van der Waals surface area (Å²) in [4.78, 5) is 10.1. The van der Waals surface area contributed by atoms with Crippen LogP contribution in [0.2, 0.25) is 5.15 Å². The Bertz CT molecular complexity index is 614. The van der Waals surface area contributed by atoms with Crippen molar-refractivity contribution < 1.29 is 0 Å². The molecule has 0 aromatic carbocycles. The number of aromatic nitrogens is 4. The van der Waals surface area contributed by atoms with E-state index in [9.17, 15) is 0 Å². The monoisotopic (exact) mass is 264 g/mol. The van der Waals surface area contributed by atoms with E-state index in [1.807, 2.05) is 25.8 Å². The largest absolute Gasteiger partial charge is 0.358 e. The summed E-state index contributed by atoms with van der Waals surface area (Å²) in [7, 11) is 1.90. The van der Waals surface area contributed by atoms with Gasteiger partial charge in [0.25, 0.3) is 5.78 Å². The summed E-state index contributed by atoms with van der Waals surface area (Å²) in [6.45, 7) is 4.33. The van der Waals surface area contributed by atoms with Gasteiger partial charge in [0.2, 0.25) is 0 Å². The zero-order valence-corrected chi connectivity index (χ0v) is 11.2. The van der Waals surface area contributed by atoms with Crippen molar-refractivity contribution in [2.75, 3.05) is 18.5 Å². The molecule has 0 saturated heterocycles. The van der Waals surface area contributed by atoms with Crippen molar-refractivity contribution in [1.82, 2.24) is 19.6 Å². The molecule has 0 aliphatic heterocycles. The van der Waals surface area contributed by atoms with E-state index in [-0.39, 0.29) is 5.92 Å². The first-order valence-electron chi connectivity index (χ1n) is 5.51. The average molecular weight is 265 g/mol. The van der Waals surface area contributed by atoms with Gasteiger partial charge in [-0.05, 0) is 13.8 Å². The topological polar surface area (TPSA) is 70.1 Å². The van der Waals surface area contributed by atoms with E-state index in [0.29, 0.717) is 17.5 Å². The Morgan fingerprint density at radius 3 is 3.00 bits per heavy atom. The number of fused-ring (bicyclic) bond motifs is 1. The molecule has 0 amide bonds. The maximum absolute atomic E-state index is 8.88. The van der Waals surface area contributed by atoms with E-state index in [2.05, 4.69) is 21.1 Å². The normalized spacial score (nSPS) is 12.4. The highest BCUT2D eigenvalue weighted by atomic mass is 35.5. The molecular formula is C11H13ClN6. The minimum absolute atomic E-state index is 0.0834. The fourth-order valence-corrected chi connectivity index (χ4v) is 2.03. The first-order valence-corrected chi connectivity index (χ1v) is 5.89. The molecule has 6 nitrogen and oxygen atoms in total. The molecule has 0 radical (unpaired) electrons. The average Bonchev–Trinajstić information content (AvgIpc) is 2.77. The van der Waals surface area contributed by atoms with Gasteiger partial charge in [-0.15, -0.1) is 0 Å². The van der Waals surface area contributed by atoms with Crippen LogP contribution < -0.4 is 4.90 Å². The molecule has 94 valence electrons. The molecule has 1 atom stereocenters. The standard InChI is InChI=1S/C11H13ClN6/c1-7(4-13)5-17(3)10-8(2)9(12)16-11-14-6-15-18(10)11/h6-7H,5H2,1-3H3. The summed E-state index contributed by atoms with van der Waals surface area (Å²) < 4.78 is 1.63. The predicted molar refractivity (Wildman–Crippen MR) is 68.6 cm³/mol. The SMILES string of the molecule is Cc1c(Cl)nc2ncnn2c1N(C)CC(C)C#N. The minimum Gasteiger partial charge on any atom is -0.358 e. The van der Waals surface area contributed by atoms with Gasteiger partial charge in [0, 0.05) is 19.2 Å². The van der Waals surface area contributed by atoms with Crippen molar-refractivity contribution in [1.29, 1.82) is 5.26 Å². The summed E-state index contributed by atoms with van der Waals surface area (Å²) in [6, 6.07) is 2.21. The smallest absolute Gasteiger partial charge is 0.255 e. The van der Waals surface area contributed by atoms with E-state index in [4.69, 9.17) is 16.9 Å². The molecule has 7 heteroatoms. The highest BCUT2D eigenvalue weighted by Crippen LogP contribution is 2.25. The minimum atomic E-state index is -0.0834. The Morgan fingerprint density at radius 1 is 1.61 bits per heavy atom. The van der Waals surface area contributed by atoms with Crippen LogP contribution in [-0.2, 0) is 0 Å². The molecule has 0 saturated carbocycles. The molecule has 0 aliphatic carbocycles. The lowest BCUT2D eigenvalue weighted by Crippen LogP contribution is -2.26. The van der Waals surface area contributed by atoms with Crippen molar-refractivity contribution in [3.63, 3.8) is 0 Å². The highest BCUT2D eigenvalue weighted by Gasteiger charge is 2.17. The maximum Gasteiger partial charge on any atom is 0.255 e. The lowest BCUT2D eigenvalue weighted by Gasteiger charge is -2.22. The van der Waals surface area contributed by atoms with Gasteiger partial charge in [-0.2, -0.15) is 24.8 Å². The first kappa shape index (κ1) is 12.6. The van der Waals surface area contributed by atoms with Crippen LogP contribution in [0.3, 0.4) is 0 Å². The third kappa shape index (κ3) is 2.09. The number of halogens is 1. The molecule has 18 heavy (non-hydrogen) atoms. The number of hydrogen-bond donors (Lipinski definition) is 0. The van der Waals surface area contributed by atoms with E-state index >= 15 is 0 Å². The molecule has 2 aromatic rings. The predicted octanol–water partition coefficient (Wildman–Crippen LogP) is 1.68. The number of nitriles is 1. The van der Waals surface area contributed by atoms with Crippen LogP contribution in [0.15, 0.2) is 6.33 Å². The Morgan fingerprint density at radius 2 is 2.33 bits per heavy atom. The Hall–Kier alpha value is -1.87. The van der Waals surface area contributed by atoms with Crippen LogP contribution in [0.4, 0.5) is 5.82 Å². The maximum atomic E-state index is 8.88. The summed E-state index contributed by atoms with van der Waals surface area (Å²) in [5, 5.41) is 13.4. The van der Waals surface area contributed by atoms with Crippen molar-refractivity contribution >= 4 is 23.2 Å². The third-order valence-corrected chi connectivity index (χ3v) is 3.07. The lowest BCUT2D eigenvalue weighted by atomic mass is 10.2. The quantitative estimate of drug-likeness (QED) is 0.789. The van der Waals surface area contributed by atoms with Gasteiger partial charge in [-0.3, -0.25) is 0 Å².